The van der Waals surface area contributed by atoms with Crippen molar-refractivity contribution in [3.63, 3.8) is 0 Å². The van der Waals surface area contributed by atoms with Crippen LogP contribution in [0.25, 0.3) is 0 Å². The molecule has 2 amide bonds. The normalized spacial score (nSPS) is 24.8. The summed E-state index contributed by atoms with van der Waals surface area (Å²) < 4.78 is 1.19. The minimum Gasteiger partial charge on any atom is -0.336 e. The van der Waals surface area contributed by atoms with Crippen LogP contribution >= 0.6 is 27.3 Å². The molecule has 1 aromatic heterocycles. The lowest BCUT2D eigenvalue weighted by Gasteiger charge is -2.36. The number of carbonyl (C=O) groups excluding carboxylic acids is 1. The van der Waals surface area contributed by atoms with Gasteiger partial charge in [-0.25, -0.2) is 4.79 Å². The summed E-state index contributed by atoms with van der Waals surface area (Å²) in [5.74, 6) is 0. The van der Waals surface area contributed by atoms with Crippen molar-refractivity contribution in [3.8, 4) is 0 Å². The monoisotopic (exact) mass is 343 g/mol. The third kappa shape index (κ3) is 3.12. The van der Waals surface area contributed by atoms with E-state index in [9.17, 15) is 4.79 Å². The van der Waals surface area contributed by atoms with Gasteiger partial charge in [0.25, 0.3) is 0 Å². The van der Waals surface area contributed by atoms with Crippen molar-refractivity contribution < 1.29 is 4.79 Å². The van der Waals surface area contributed by atoms with Crippen LogP contribution in [0, 0.1) is 0 Å². The topological polar surface area (TPSA) is 35.6 Å². The van der Waals surface area contributed by atoms with Gasteiger partial charge >= 0.3 is 6.03 Å². The number of hydrogen-bond acceptors (Lipinski definition) is 3. The molecule has 1 atom stereocenters. The molecule has 0 bridgehead atoms. The number of urea groups is 1. The Kier molecular flexibility index (Phi) is 4.10. The van der Waals surface area contributed by atoms with Gasteiger partial charge in [0.05, 0.1) is 3.79 Å². The molecule has 4 nitrogen and oxygen atoms in total. The number of thiophene rings is 1. The maximum Gasteiger partial charge on any atom is 0.317 e. The maximum atomic E-state index is 11.7. The number of rotatable bonds is 3. The van der Waals surface area contributed by atoms with Crippen molar-refractivity contribution in [1.29, 1.82) is 0 Å². The molecule has 3 rings (SSSR count). The molecule has 0 saturated carbocycles. The molecule has 1 unspecified atom stereocenters. The first-order valence-electron chi connectivity index (χ1n) is 6.73. The van der Waals surface area contributed by atoms with E-state index in [0.717, 1.165) is 39.1 Å². The molecule has 6 heteroatoms. The second-order valence-corrected chi connectivity index (χ2v) is 7.71. The molecule has 0 aliphatic carbocycles. The van der Waals surface area contributed by atoms with E-state index in [-0.39, 0.29) is 6.03 Å². The van der Waals surface area contributed by atoms with E-state index in [1.807, 2.05) is 4.90 Å². The number of carbonyl (C=O) groups is 1. The summed E-state index contributed by atoms with van der Waals surface area (Å²) in [6, 6.07) is 4.79. The second-order valence-electron chi connectivity index (χ2n) is 5.16. The number of nitrogens with zero attached hydrogens (tertiary/aromatic N) is 2. The summed E-state index contributed by atoms with van der Waals surface area (Å²) in [5, 5.41) is 2.90. The van der Waals surface area contributed by atoms with Crippen LogP contribution in [0.15, 0.2) is 15.9 Å². The van der Waals surface area contributed by atoms with Crippen LogP contribution in [0.4, 0.5) is 4.79 Å². The predicted molar refractivity (Wildman–Crippen MR) is 80.4 cm³/mol. The number of hydrogen-bond donors (Lipinski definition) is 1. The Morgan fingerprint density at radius 1 is 1.42 bits per heavy atom. The first-order valence-corrected chi connectivity index (χ1v) is 8.34. The van der Waals surface area contributed by atoms with Crippen LogP contribution in [0.3, 0.4) is 0 Å². The molecule has 1 aromatic rings. The lowest BCUT2D eigenvalue weighted by atomic mass is 10.0. The van der Waals surface area contributed by atoms with Crippen LogP contribution in [-0.2, 0) is 6.54 Å². The van der Waals surface area contributed by atoms with Crippen molar-refractivity contribution in [2.45, 2.75) is 25.4 Å². The third-order valence-electron chi connectivity index (χ3n) is 3.82. The number of amides is 2. The Morgan fingerprint density at radius 3 is 3.00 bits per heavy atom. The van der Waals surface area contributed by atoms with Crippen LogP contribution in [-0.4, -0.2) is 48.1 Å². The molecule has 3 heterocycles. The zero-order valence-corrected chi connectivity index (χ0v) is 13.2. The SMILES string of the molecule is O=C1NCCN1C1CCCN(Cc2ccc(Br)s2)C1. The standard InChI is InChI=1S/C13H18BrN3OS/c14-12-4-3-11(19-12)9-16-6-1-2-10(8-16)17-7-5-15-13(17)18/h3-4,10H,1-2,5-9H2,(H,15,18). The van der Waals surface area contributed by atoms with Crippen LogP contribution in [0.5, 0.6) is 0 Å². The molecular formula is C13H18BrN3OS. The number of nitrogens with one attached hydrogen (secondary N) is 1. The van der Waals surface area contributed by atoms with Gasteiger partial charge in [-0.2, -0.15) is 0 Å². The van der Waals surface area contributed by atoms with E-state index in [4.69, 9.17) is 0 Å². The van der Waals surface area contributed by atoms with Gasteiger partial charge in [-0.1, -0.05) is 0 Å². The predicted octanol–water partition coefficient (Wildman–Crippen LogP) is 2.50. The number of likely N-dealkylation sites (tertiary alicyclic amines) is 1. The zero-order chi connectivity index (χ0) is 13.2. The first kappa shape index (κ1) is 13.4. The summed E-state index contributed by atoms with van der Waals surface area (Å²) in [4.78, 5) is 17.6. The van der Waals surface area contributed by atoms with Gasteiger partial charge in [-0.3, -0.25) is 4.90 Å². The highest BCUT2D eigenvalue weighted by Gasteiger charge is 2.31. The van der Waals surface area contributed by atoms with Crippen molar-refractivity contribution >= 4 is 33.3 Å². The van der Waals surface area contributed by atoms with Gasteiger partial charge in [0.1, 0.15) is 0 Å². The van der Waals surface area contributed by atoms with E-state index in [2.05, 4.69) is 38.3 Å². The Morgan fingerprint density at radius 2 is 2.32 bits per heavy atom. The summed E-state index contributed by atoms with van der Waals surface area (Å²) in [6.07, 6.45) is 2.32. The van der Waals surface area contributed by atoms with E-state index < -0.39 is 0 Å². The molecule has 2 fully saturated rings. The van der Waals surface area contributed by atoms with Crippen molar-refractivity contribution in [2.24, 2.45) is 0 Å². The fraction of sp³-hybridized carbons (Fsp3) is 0.615. The summed E-state index contributed by atoms with van der Waals surface area (Å²) in [7, 11) is 0. The average Bonchev–Trinajstić information content (AvgIpc) is 2.99. The van der Waals surface area contributed by atoms with Crippen LogP contribution in [0.1, 0.15) is 17.7 Å². The second kappa shape index (κ2) is 5.81. The lowest BCUT2D eigenvalue weighted by Crippen LogP contribution is -2.48. The lowest BCUT2D eigenvalue weighted by molar-refractivity contribution is 0.122. The third-order valence-corrected chi connectivity index (χ3v) is 5.43. The molecule has 2 saturated heterocycles. The Labute approximate surface area is 125 Å². The minimum atomic E-state index is 0.116. The molecule has 2 aliphatic rings. The fourth-order valence-corrected chi connectivity index (χ4v) is 4.45. The van der Waals surface area contributed by atoms with Crippen molar-refractivity contribution in [1.82, 2.24) is 15.1 Å². The smallest absolute Gasteiger partial charge is 0.317 e. The number of halogens is 1. The van der Waals surface area contributed by atoms with Crippen LogP contribution < -0.4 is 5.32 Å². The molecule has 19 heavy (non-hydrogen) atoms. The zero-order valence-electron chi connectivity index (χ0n) is 10.8. The highest BCUT2D eigenvalue weighted by molar-refractivity contribution is 9.11. The number of piperidine rings is 1. The van der Waals surface area contributed by atoms with Gasteiger partial charge in [0, 0.05) is 37.1 Å². The minimum absolute atomic E-state index is 0.116. The van der Waals surface area contributed by atoms with Gasteiger partial charge in [-0.15, -0.1) is 11.3 Å². The molecule has 2 aliphatic heterocycles. The molecule has 0 aromatic carbocycles. The first-order chi connectivity index (χ1) is 9.22. The van der Waals surface area contributed by atoms with Gasteiger partial charge < -0.3 is 10.2 Å². The van der Waals surface area contributed by atoms with Gasteiger partial charge in [0.2, 0.25) is 0 Å². The summed E-state index contributed by atoms with van der Waals surface area (Å²) >= 11 is 5.31. The van der Waals surface area contributed by atoms with Crippen molar-refractivity contribution in [2.75, 3.05) is 26.2 Å². The van der Waals surface area contributed by atoms with E-state index in [1.165, 1.54) is 15.1 Å². The quantitative estimate of drug-likeness (QED) is 0.915. The van der Waals surface area contributed by atoms with Gasteiger partial charge in [0.15, 0.2) is 0 Å². The van der Waals surface area contributed by atoms with Crippen LogP contribution in [0.2, 0.25) is 0 Å². The molecule has 0 radical (unpaired) electrons. The van der Waals surface area contributed by atoms with Crippen molar-refractivity contribution in [3.05, 3.63) is 20.8 Å². The van der Waals surface area contributed by atoms with E-state index >= 15 is 0 Å². The largest absolute Gasteiger partial charge is 0.336 e. The van der Waals surface area contributed by atoms with Gasteiger partial charge in [-0.05, 0) is 47.4 Å². The van der Waals surface area contributed by atoms with E-state index in [1.54, 1.807) is 11.3 Å². The Hall–Kier alpha value is -0.590. The summed E-state index contributed by atoms with van der Waals surface area (Å²) in [6.45, 7) is 4.81. The molecule has 104 valence electrons. The Bertz CT molecular complexity index is 464. The average molecular weight is 344 g/mol. The van der Waals surface area contributed by atoms with E-state index in [0.29, 0.717) is 6.04 Å². The highest BCUT2D eigenvalue weighted by atomic mass is 79.9. The summed E-state index contributed by atoms with van der Waals surface area (Å²) in [5.41, 5.74) is 0. The molecule has 0 spiro atoms. The Balaban J connectivity index is 1.60. The fourth-order valence-electron chi connectivity index (χ4n) is 2.92. The highest BCUT2D eigenvalue weighted by Crippen LogP contribution is 2.25. The molecule has 1 N–H and O–H groups in total. The molecular weight excluding hydrogens is 326 g/mol. The maximum absolute atomic E-state index is 11.7.